The first kappa shape index (κ1) is 13.2. The van der Waals surface area contributed by atoms with Crippen LogP contribution in [0.2, 0.25) is 0 Å². The number of hydrogen-bond acceptors (Lipinski definition) is 5. The van der Waals surface area contributed by atoms with E-state index in [0.29, 0.717) is 11.5 Å². The Morgan fingerprint density at radius 3 is 2.62 bits per heavy atom. The van der Waals surface area contributed by atoms with Gasteiger partial charge in [-0.2, -0.15) is 10.1 Å². The normalized spacial score (nSPS) is 10.8. The molecule has 2 heterocycles. The molecule has 0 unspecified atom stereocenters. The van der Waals surface area contributed by atoms with Crippen LogP contribution in [0.1, 0.15) is 11.4 Å². The highest BCUT2D eigenvalue weighted by atomic mass is 19.1. The Morgan fingerprint density at radius 2 is 1.95 bits per heavy atom. The van der Waals surface area contributed by atoms with E-state index in [1.54, 1.807) is 19.1 Å². The Labute approximate surface area is 118 Å². The van der Waals surface area contributed by atoms with Crippen molar-refractivity contribution in [2.24, 2.45) is 0 Å². The van der Waals surface area contributed by atoms with E-state index >= 15 is 0 Å². The molecule has 106 valence electrons. The first-order chi connectivity index (χ1) is 10.1. The molecule has 0 aliphatic heterocycles. The molecule has 0 fully saturated rings. The second-order valence-corrected chi connectivity index (χ2v) is 4.49. The largest absolute Gasteiger partial charge is 0.332 e. The van der Waals surface area contributed by atoms with Crippen LogP contribution in [-0.4, -0.2) is 19.9 Å². The van der Waals surface area contributed by atoms with Gasteiger partial charge in [0.15, 0.2) is 5.82 Å². The molecule has 0 saturated heterocycles. The highest BCUT2D eigenvalue weighted by Gasteiger charge is 2.10. The van der Waals surface area contributed by atoms with Gasteiger partial charge in [0.05, 0.1) is 6.54 Å². The summed E-state index contributed by atoms with van der Waals surface area (Å²) < 4.78 is 19.2. The van der Waals surface area contributed by atoms with Crippen molar-refractivity contribution in [3.05, 3.63) is 64.0 Å². The van der Waals surface area contributed by atoms with Gasteiger partial charge in [0.25, 0.3) is 11.4 Å². The molecular formula is C14H11FN4O2. The van der Waals surface area contributed by atoms with Crippen LogP contribution < -0.4 is 5.56 Å². The molecule has 1 aromatic carbocycles. The number of rotatable bonds is 3. The Balaban J connectivity index is 1.94. The second kappa shape index (κ2) is 5.28. The van der Waals surface area contributed by atoms with Crippen LogP contribution in [-0.2, 0) is 6.54 Å². The van der Waals surface area contributed by atoms with E-state index in [1.165, 1.54) is 28.9 Å². The first-order valence-electron chi connectivity index (χ1n) is 6.25. The van der Waals surface area contributed by atoms with E-state index in [4.69, 9.17) is 4.52 Å². The van der Waals surface area contributed by atoms with E-state index in [2.05, 4.69) is 15.2 Å². The van der Waals surface area contributed by atoms with E-state index in [-0.39, 0.29) is 23.8 Å². The molecule has 0 amide bonds. The van der Waals surface area contributed by atoms with Gasteiger partial charge >= 0.3 is 0 Å². The maximum atomic E-state index is 12.9. The number of hydrogen-bond donors (Lipinski definition) is 0. The molecule has 7 heteroatoms. The average molecular weight is 286 g/mol. The molecule has 3 rings (SSSR count). The Morgan fingerprint density at radius 1 is 1.19 bits per heavy atom. The van der Waals surface area contributed by atoms with Crippen molar-refractivity contribution in [3.63, 3.8) is 0 Å². The fourth-order valence-electron chi connectivity index (χ4n) is 1.84. The smallest absolute Gasteiger partial charge is 0.278 e. The predicted octanol–water partition coefficient (Wildman–Crippen LogP) is 1.79. The first-order valence-corrected chi connectivity index (χ1v) is 6.25. The van der Waals surface area contributed by atoms with E-state index in [1.807, 2.05) is 0 Å². The molecule has 0 atom stereocenters. The zero-order valence-corrected chi connectivity index (χ0v) is 11.2. The van der Waals surface area contributed by atoms with Crippen LogP contribution in [0.5, 0.6) is 0 Å². The minimum absolute atomic E-state index is 0.236. The molecule has 21 heavy (non-hydrogen) atoms. The van der Waals surface area contributed by atoms with Crippen molar-refractivity contribution in [3.8, 4) is 11.6 Å². The van der Waals surface area contributed by atoms with Crippen molar-refractivity contribution >= 4 is 0 Å². The molecule has 2 aromatic heterocycles. The number of aryl methyl sites for hydroxylation is 1. The lowest BCUT2D eigenvalue weighted by Gasteiger charge is -2.05. The third-order valence-electron chi connectivity index (χ3n) is 2.86. The van der Waals surface area contributed by atoms with Crippen LogP contribution in [0.4, 0.5) is 4.39 Å². The van der Waals surface area contributed by atoms with Gasteiger partial charge in [-0.1, -0.05) is 17.3 Å². The van der Waals surface area contributed by atoms with Crippen LogP contribution in [0.25, 0.3) is 11.6 Å². The summed E-state index contributed by atoms with van der Waals surface area (Å²) in [5.74, 6) is 0.414. The summed E-state index contributed by atoms with van der Waals surface area (Å²) in [5.41, 5.74) is 0.918. The van der Waals surface area contributed by atoms with Crippen molar-refractivity contribution in [2.45, 2.75) is 13.5 Å². The Hall–Kier alpha value is -2.83. The molecule has 0 aliphatic rings. The lowest BCUT2D eigenvalue weighted by atomic mass is 10.2. The van der Waals surface area contributed by atoms with Crippen LogP contribution in [0, 0.1) is 12.7 Å². The van der Waals surface area contributed by atoms with Gasteiger partial charge in [-0.05, 0) is 30.7 Å². The van der Waals surface area contributed by atoms with E-state index < -0.39 is 0 Å². The van der Waals surface area contributed by atoms with Crippen molar-refractivity contribution in [1.29, 1.82) is 0 Å². The summed E-state index contributed by atoms with van der Waals surface area (Å²) in [4.78, 5) is 15.9. The second-order valence-electron chi connectivity index (χ2n) is 4.49. The SMILES string of the molecule is Cc1noc(-c2ccc(=O)n(Cc3ccc(F)cc3)n2)n1. The fourth-order valence-corrected chi connectivity index (χ4v) is 1.84. The van der Waals surface area contributed by atoms with Crippen LogP contribution in [0.3, 0.4) is 0 Å². The summed E-state index contributed by atoms with van der Waals surface area (Å²) in [6.07, 6.45) is 0. The Kier molecular flexibility index (Phi) is 3.31. The van der Waals surface area contributed by atoms with Gasteiger partial charge in [0, 0.05) is 6.07 Å². The highest BCUT2D eigenvalue weighted by molar-refractivity contribution is 5.44. The minimum atomic E-state index is -0.325. The molecule has 3 aromatic rings. The van der Waals surface area contributed by atoms with Crippen molar-refractivity contribution < 1.29 is 8.91 Å². The van der Waals surface area contributed by atoms with Crippen LogP contribution in [0.15, 0.2) is 45.7 Å². The molecule has 0 bridgehead atoms. The van der Waals surface area contributed by atoms with Gasteiger partial charge in [0.2, 0.25) is 0 Å². The number of halogens is 1. The zero-order valence-electron chi connectivity index (χ0n) is 11.2. The molecule has 0 spiro atoms. The lowest BCUT2D eigenvalue weighted by Crippen LogP contribution is -2.22. The van der Waals surface area contributed by atoms with E-state index in [0.717, 1.165) is 5.56 Å². The standard InChI is InChI=1S/C14H11FN4O2/c1-9-16-14(21-18-9)12-6-7-13(20)19(17-12)8-10-2-4-11(15)5-3-10/h2-7H,8H2,1H3. The Bertz CT molecular complexity index is 823. The van der Waals surface area contributed by atoms with Crippen molar-refractivity contribution in [1.82, 2.24) is 19.9 Å². The van der Waals surface area contributed by atoms with Gasteiger partial charge in [-0.25, -0.2) is 9.07 Å². The average Bonchev–Trinajstić information content (AvgIpc) is 2.90. The summed E-state index contributed by atoms with van der Waals surface area (Å²) in [6, 6.07) is 8.79. The van der Waals surface area contributed by atoms with Gasteiger partial charge in [0.1, 0.15) is 11.5 Å². The number of aromatic nitrogens is 4. The monoisotopic (exact) mass is 286 g/mol. The number of benzene rings is 1. The van der Waals surface area contributed by atoms with Gasteiger partial charge in [-0.15, -0.1) is 0 Å². The van der Waals surface area contributed by atoms with Crippen LogP contribution >= 0.6 is 0 Å². The number of nitrogens with zero attached hydrogens (tertiary/aromatic N) is 4. The van der Waals surface area contributed by atoms with Crippen molar-refractivity contribution in [2.75, 3.05) is 0 Å². The minimum Gasteiger partial charge on any atom is -0.332 e. The summed E-state index contributed by atoms with van der Waals surface area (Å²) >= 11 is 0. The molecular weight excluding hydrogens is 275 g/mol. The fraction of sp³-hybridized carbons (Fsp3) is 0.143. The molecule has 6 nitrogen and oxygen atoms in total. The quantitative estimate of drug-likeness (QED) is 0.734. The highest BCUT2D eigenvalue weighted by Crippen LogP contribution is 2.12. The summed E-state index contributed by atoms with van der Waals surface area (Å²) in [6.45, 7) is 1.93. The maximum absolute atomic E-state index is 12.9. The molecule has 0 saturated carbocycles. The topological polar surface area (TPSA) is 73.8 Å². The van der Waals surface area contributed by atoms with E-state index in [9.17, 15) is 9.18 Å². The lowest BCUT2D eigenvalue weighted by molar-refractivity contribution is 0.422. The van der Waals surface area contributed by atoms with Gasteiger partial charge in [-0.3, -0.25) is 4.79 Å². The summed E-state index contributed by atoms with van der Waals surface area (Å²) in [7, 11) is 0. The maximum Gasteiger partial charge on any atom is 0.278 e. The summed E-state index contributed by atoms with van der Waals surface area (Å²) in [5, 5.41) is 7.87. The zero-order chi connectivity index (χ0) is 14.8. The molecule has 0 N–H and O–H groups in total. The third kappa shape index (κ3) is 2.86. The molecule has 0 radical (unpaired) electrons. The van der Waals surface area contributed by atoms with Gasteiger partial charge < -0.3 is 4.52 Å². The third-order valence-corrected chi connectivity index (χ3v) is 2.86. The predicted molar refractivity (Wildman–Crippen MR) is 72.0 cm³/mol. The molecule has 0 aliphatic carbocycles.